The number of nitrogens with one attached hydrogen (secondary N) is 2. The molecule has 9 heteroatoms. The Morgan fingerprint density at radius 3 is 2.42 bits per heavy atom. The Morgan fingerprint density at radius 1 is 1.12 bits per heavy atom. The number of aryl methyl sites for hydroxylation is 1. The summed E-state index contributed by atoms with van der Waals surface area (Å²) in [5, 5.41) is 2.49. The quantitative estimate of drug-likeness (QED) is 0.554. The molecule has 2 N–H and O–H groups in total. The van der Waals surface area contributed by atoms with Gasteiger partial charge in [0.25, 0.3) is 5.91 Å². The van der Waals surface area contributed by atoms with Crippen molar-refractivity contribution in [3.05, 3.63) is 51.5 Å². The minimum Gasteiger partial charge on any atom is -0.452 e. The topological polar surface area (TPSA) is 107 Å². The van der Waals surface area contributed by atoms with Gasteiger partial charge < -0.3 is 9.47 Å². The maximum absolute atomic E-state index is 11.9. The number of ether oxygens (including phenoxy) is 2. The van der Waals surface area contributed by atoms with Gasteiger partial charge in [0.15, 0.2) is 6.61 Å². The second-order valence-electron chi connectivity index (χ2n) is 5.36. The largest absolute Gasteiger partial charge is 0.452 e. The third-order valence-corrected chi connectivity index (χ3v) is 4.12. The summed E-state index contributed by atoms with van der Waals surface area (Å²) < 4.78 is 9.88. The molecule has 0 unspecified atom stereocenters. The Morgan fingerprint density at radius 2 is 1.81 bits per heavy atom. The second kappa shape index (κ2) is 9.64. The number of esters is 1. The van der Waals surface area contributed by atoms with Gasteiger partial charge in [-0.3, -0.25) is 20.4 Å². The fraction of sp³-hybridized carbons (Fsp3) is 0.294. The Kier molecular flexibility index (Phi) is 7.24. The molecule has 1 aromatic carbocycles. The van der Waals surface area contributed by atoms with Crippen molar-refractivity contribution in [3.8, 4) is 0 Å². The van der Waals surface area contributed by atoms with Gasteiger partial charge in [-0.25, -0.2) is 9.78 Å². The number of nitrogens with zero attached hydrogens (tertiary/aromatic N) is 1. The maximum Gasteiger partial charge on any atom is 0.338 e. The van der Waals surface area contributed by atoms with Crippen molar-refractivity contribution in [2.24, 2.45) is 0 Å². The minimum atomic E-state index is -0.641. The van der Waals surface area contributed by atoms with Gasteiger partial charge in [-0.05, 0) is 24.6 Å². The predicted octanol–water partition coefficient (Wildman–Crippen LogP) is 1.14. The molecule has 0 atom stereocenters. The maximum atomic E-state index is 11.9. The van der Waals surface area contributed by atoms with E-state index in [2.05, 4.69) is 15.8 Å². The van der Waals surface area contributed by atoms with Crippen LogP contribution >= 0.6 is 11.3 Å². The van der Waals surface area contributed by atoms with Gasteiger partial charge in [-0.1, -0.05) is 12.1 Å². The molecule has 0 saturated heterocycles. The SMILES string of the molecule is COCc1ccc(C(=O)OCC(=O)NNC(=O)Cc2nc(C)cs2)cc1. The standard InChI is InChI=1S/C17H19N3O5S/c1-11-10-26-16(18-11)7-14(21)19-20-15(22)9-25-17(23)13-5-3-12(4-6-13)8-24-2/h3-6,10H,7-9H2,1-2H3,(H,19,21)(H,20,22). The van der Waals surface area contributed by atoms with E-state index in [0.29, 0.717) is 17.2 Å². The summed E-state index contributed by atoms with van der Waals surface area (Å²) in [4.78, 5) is 39.4. The van der Waals surface area contributed by atoms with Crippen LogP contribution < -0.4 is 10.9 Å². The third kappa shape index (κ3) is 6.26. The van der Waals surface area contributed by atoms with E-state index in [1.54, 1.807) is 31.4 Å². The monoisotopic (exact) mass is 377 g/mol. The van der Waals surface area contributed by atoms with Gasteiger partial charge in [0.1, 0.15) is 5.01 Å². The van der Waals surface area contributed by atoms with E-state index in [1.807, 2.05) is 12.3 Å². The molecule has 2 amide bonds. The summed E-state index contributed by atoms with van der Waals surface area (Å²) in [6, 6.07) is 6.65. The van der Waals surface area contributed by atoms with Crippen LogP contribution in [0.2, 0.25) is 0 Å². The lowest BCUT2D eigenvalue weighted by atomic mass is 10.1. The molecular formula is C17H19N3O5S. The number of amides is 2. The zero-order valence-corrected chi connectivity index (χ0v) is 15.2. The molecule has 2 aromatic rings. The smallest absolute Gasteiger partial charge is 0.338 e. The van der Waals surface area contributed by atoms with Crippen molar-refractivity contribution in [1.82, 2.24) is 15.8 Å². The van der Waals surface area contributed by atoms with Gasteiger partial charge in [0, 0.05) is 18.2 Å². The summed E-state index contributed by atoms with van der Waals surface area (Å²) in [6.45, 7) is 1.77. The van der Waals surface area contributed by atoms with Gasteiger partial charge in [-0.15, -0.1) is 11.3 Å². The lowest BCUT2D eigenvalue weighted by molar-refractivity contribution is -0.130. The zero-order valence-electron chi connectivity index (χ0n) is 14.4. The number of aromatic nitrogens is 1. The van der Waals surface area contributed by atoms with Crippen LogP contribution in [0.25, 0.3) is 0 Å². The summed E-state index contributed by atoms with van der Waals surface area (Å²) in [5.74, 6) is -1.68. The molecule has 1 aromatic heterocycles. The molecule has 26 heavy (non-hydrogen) atoms. The number of benzene rings is 1. The van der Waals surface area contributed by atoms with Gasteiger partial charge in [0.05, 0.1) is 18.6 Å². The van der Waals surface area contributed by atoms with E-state index in [0.717, 1.165) is 11.3 Å². The number of methoxy groups -OCH3 is 1. The number of rotatable bonds is 7. The first-order valence-corrected chi connectivity index (χ1v) is 8.59. The third-order valence-electron chi connectivity index (χ3n) is 3.15. The number of hydrazine groups is 1. The molecule has 0 aliphatic rings. The number of carbonyl (C=O) groups is 3. The Labute approximate surface area is 154 Å². The average Bonchev–Trinajstić information content (AvgIpc) is 3.03. The highest BCUT2D eigenvalue weighted by Gasteiger charge is 2.12. The van der Waals surface area contributed by atoms with Gasteiger partial charge in [-0.2, -0.15) is 0 Å². The van der Waals surface area contributed by atoms with Crippen LogP contribution in [0.1, 0.15) is 26.6 Å². The van der Waals surface area contributed by atoms with Crippen molar-refractivity contribution in [2.75, 3.05) is 13.7 Å². The van der Waals surface area contributed by atoms with Gasteiger partial charge in [0.2, 0.25) is 5.91 Å². The summed E-state index contributed by atoms with van der Waals surface area (Å²) in [7, 11) is 1.58. The molecule has 0 fully saturated rings. The highest BCUT2D eigenvalue weighted by atomic mass is 32.1. The van der Waals surface area contributed by atoms with Crippen molar-refractivity contribution in [2.45, 2.75) is 20.0 Å². The van der Waals surface area contributed by atoms with Crippen LogP contribution in [-0.2, 0) is 32.1 Å². The molecule has 2 rings (SSSR count). The summed E-state index contributed by atoms with van der Waals surface area (Å²) in [6.07, 6.45) is 0.0619. The summed E-state index contributed by atoms with van der Waals surface area (Å²) >= 11 is 1.37. The van der Waals surface area contributed by atoms with Crippen molar-refractivity contribution in [3.63, 3.8) is 0 Å². The fourth-order valence-corrected chi connectivity index (χ4v) is 2.73. The first-order valence-electron chi connectivity index (χ1n) is 7.71. The van der Waals surface area contributed by atoms with E-state index >= 15 is 0 Å². The number of hydrogen-bond donors (Lipinski definition) is 2. The van der Waals surface area contributed by atoms with Gasteiger partial charge >= 0.3 is 5.97 Å². The predicted molar refractivity (Wildman–Crippen MR) is 94.3 cm³/mol. The number of carbonyl (C=O) groups excluding carboxylic acids is 3. The highest BCUT2D eigenvalue weighted by Crippen LogP contribution is 2.09. The molecule has 0 aliphatic heterocycles. The van der Waals surface area contributed by atoms with Crippen LogP contribution in [-0.4, -0.2) is 36.5 Å². The van der Waals surface area contributed by atoms with E-state index in [9.17, 15) is 14.4 Å². The Hall–Kier alpha value is -2.78. The molecule has 0 radical (unpaired) electrons. The fourth-order valence-electron chi connectivity index (χ4n) is 1.96. The minimum absolute atomic E-state index is 0.0619. The van der Waals surface area contributed by atoms with E-state index in [4.69, 9.17) is 9.47 Å². The number of thiazole rings is 1. The molecular weight excluding hydrogens is 358 g/mol. The average molecular weight is 377 g/mol. The normalized spacial score (nSPS) is 10.2. The molecule has 0 spiro atoms. The van der Waals surface area contributed by atoms with Crippen LogP contribution in [0.3, 0.4) is 0 Å². The van der Waals surface area contributed by atoms with Crippen molar-refractivity contribution >= 4 is 29.1 Å². The van der Waals surface area contributed by atoms with E-state index in [-0.39, 0.29) is 6.42 Å². The molecule has 1 heterocycles. The first kappa shape index (κ1) is 19.5. The zero-order chi connectivity index (χ0) is 18.9. The molecule has 0 saturated carbocycles. The Bertz CT molecular complexity index is 773. The number of hydrogen-bond acceptors (Lipinski definition) is 7. The van der Waals surface area contributed by atoms with Crippen LogP contribution in [0.5, 0.6) is 0 Å². The molecule has 0 bridgehead atoms. The first-order chi connectivity index (χ1) is 12.5. The van der Waals surface area contributed by atoms with Crippen LogP contribution in [0, 0.1) is 6.92 Å². The molecule has 138 valence electrons. The second-order valence-corrected chi connectivity index (χ2v) is 6.30. The van der Waals surface area contributed by atoms with E-state index < -0.39 is 24.4 Å². The van der Waals surface area contributed by atoms with Crippen LogP contribution in [0.15, 0.2) is 29.6 Å². The molecule has 8 nitrogen and oxygen atoms in total. The van der Waals surface area contributed by atoms with Crippen LogP contribution in [0.4, 0.5) is 0 Å². The highest BCUT2D eigenvalue weighted by molar-refractivity contribution is 7.09. The lowest BCUT2D eigenvalue weighted by Gasteiger charge is -2.08. The summed E-state index contributed by atoms with van der Waals surface area (Å²) in [5.41, 5.74) is 6.51. The Balaban J connectivity index is 1.70. The molecule has 0 aliphatic carbocycles. The van der Waals surface area contributed by atoms with Crippen molar-refractivity contribution in [1.29, 1.82) is 0 Å². The lowest BCUT2D eigenvalue weighted by Crippen LogP contribution is -2.44. The van der Waals surface area contributed by atoms with E-state index in [1.165, 1.54) is 11.3 Å². The van der Waals surface area contributed by atoms with Crippen molar-refractivity contribution < 1.29 is 23.9 Å².